The van der Waals surface area contributed by atoms with Crippen molar-refractivity contribution < 1.29 is 19.5 Å². The number of fused-ring (bicyclic) bond motifs is 1. The lowest BCUT2D eigenvalue weighted by molar-refractivity contribution is -0.140. The zero-order chi connectivity index (χ0) is 18.7. The molecule has 0 saturated heterocycles. The van der Waals surface area contributed by atoms with Gasteiger partial charge in [0, 0.05) is 0 Å². The van der Waals surface area contributed by atoms with Crippen LogP contribution in [0.15, 0.2) is 24.3 Å². The second-order valence-electron chi connectivity index (χ2n) is 6.72. The van der Waals surface area contributed by atoms with E-state index in [1.54, 1.807) is 31.2 Å². The standard InChI is InChI=1S/C18H25N3O4/c1-5-11(4)14(17(23)24)20-18(25)21-13-9-7-6-8-12(13)19-16(22)15(21)10(2)3/h6-11,14-15H,5H2,1-4H3,(H,19,22)(H,20,25)(H,23,24)/t11-,14+,15+/m1/s1. The van der Waals surface area contributed by atoms with E-state index in [9.17, 15) is 19.5 Å². The Morgan fingerprint density at radius 1 is 1.28 bits per heavy atom. The Balaban J connectivity index is 2.40. The smallest absolute Gasteiger partial charge is 0.326 e. The number of anilines is 2. The van der Waals surface area contributed by atoms with E-state index in [-0.39, 0.29) is 17.7 Å². The first-order valence-electron chi connectivity index (χ1n) is 8.50. The number of nitrogens with zero attached hydrogens (tertiary/aromatic N) is 1. The van der Waals surface area contributed by atoms with E-state index in [0.717, 1.165) is 0 Å². The van der Waals surface area contributed by atoms with Gasteiger partial charge in [0.1, 0.15) is 12.1 Å². The summed E-state index contributed by atoms with van der Waals surface area (Å²) < 4.78 is 0. The van der Waals surface area contributed by atoms with E-state index in [1.165, 1.54) is 4.90 Å². The van der Waals surface area contributed by atoms with Crippen LogP contribution >= 0.6 is 0 Å². The zero-order valence-electron chi connectivity index (χ0n) is 14.9. The molecule has 3 atom stereocenters. The average Bonchev–Trinajstić information content (AvgIpc) is 2.56. The van der Waals surface area contributed by atoms with Crippen LogP contribution in [0.2, 0.25) is 0 Å². The summed E-state index contributed by atoms with van der Waals surface area (Å²) in [5, 5.41) is 14.8. The van der Waals surface area contributed by atoms with Gasteiger partial charge < -0.3 is 15.7 Å². The maximum absolute atomic E-state index is 12.9. The number of rotatable bonds is 5. The lowest BCUT2D eigenvalue weighted by atomic mass is 9.97. The van der Waals surface area contributed by atoms with Crippen LogP contribution < -0.4 is 15.5 Å². The van der Waals surface area contributed by atoms with Crippen molar-refractivity contribution in [2.75, 3.05) is 10.2 Å². The van der Waals surface area contributed by atoms with Crippen molar-refractivity contribution in [1.82, 2.24) is 5.32 Å². The third kappa shape index (κ3) is 3.75. The monoisotopic (exact) mass is 347 g/mol. The van der Waals surface area contributed by atoms with Crippen molar-refractivity contribution in [1.29, 1.82) is 0 Å². The largest absolute Gasteiger partial charge is 0.480 e. The molecule has 0 aromatic heterocycles. The van der Waals surface area contributed by atoms with E-state index < -0.39 is 24.1 Å². The van der Waals surface area contributed by atoms with Crippen LogP contribution in [-0.2, 0) is 9.59 Å². The number of carboxylic acids is 1. The number of carbonyl (C=O) groups excluding carboxylic acids is 2. The van der Waals surface area contributed by atoms with Crippen LogP contribution in [0.25, 0.3) is 0 Å². The molecule has 3 N–H and O–H groups in total. The van der Waals surface area contributed by atoms with Gasteiger partial charge in [-0.1, -0.05) is 46.2 Å². The molecular weight excluding hydrogens is 322 g/mol. The zero-order valence-corrected chi connectivity index (χ0v) is 14.9. The fourth-order valence-corrected chi connectivity index (χ4v) is 2.99. The Kier molecular flexibility index (Phi) is 5.66. The lowest BCUT2D eigenvalue weighted by Crippen LogP contribution is -2.59. The summed E-state index contributed by atoms with van der Waals surface area (Å²) in [6.45, 7) is 7.34. The molecule has 136 valence electrons. The van der Waals surface area contributed by atoms with Gasteiger partial charge in [0.05, 0.1) is 11.4 Å². The summed E-state index contributed by atoms with van der Waals surface area (Å²) >= 11 is 0. The molecule has 0 aliphatic carbocycles. The molecule has 0 spiro atoms. The number of hydrogen-bond donors (Lipinski definition) is 3. The van der Waals surface area contributed by atoms with Crippen molar-refractivity contribution >= 4 is 29.3 Å². The van der Waals surface area contributed by atoms with Crippen LogP contribution in [0.4, 0.5) is 16.2 Å². The minimum absolute atomic E-state index is 0.133. The minimum Gasteiger partial charge on any atom is -0.480 e. The van der Waals surface area contributed by atoms with E-state index in [4.69, 9.17) is 0 Å². The normalized spacial score (nSPS) is 19.0. The van der Waals surface area contributed by atoms with Gasteiger partial charge in [-0.05, 0) is 24.0 Å². The molecule has 3 amide bonds. The first kappa shape index (κ1) is 18.8. The summed E-state index contributed by atoms with van der Waals surface area (Å²) in [5.41, 5.74) is 1.10. The second-order valence-corrected chi connectivity index (χ2v) is 6.72. The Bertz CT molecular complexity index is 674. The second kappa shape index (κ2) is 7.55. The molecular formula is C18H25N3O4. The van der Waals surface area contributed by atoms with Crippen LogP contribution in [-0.4, -0.2) is 35.1 Å². The highest BCUT2D eigenvalue weighted by atomic mass is 16.4. The molecule has 1 aliphatic rings. The van der Waals surface area contributed by atoms with Gasteiger partial charge in [-0.25, -0.2) is 9.59 Å². The van der Waals surface area contributed by atoms with Gasteiger partial charge in [-0.15, -0.1) is 0 Å². The first-order valence-corrected chi connectivity index (χ1v) is 8.50. The molecule has 1 aromatic carbocycles. The van der Waals surface area contributed by atoms with E-state index in [2.05, 4.69) is 10.6 Å². The molecule has 0 unspecified atom stereocenters. The molecule has 25 heavy (non-hydrogen) atoms. The predicted molar refractivity (Wildman–Crippen MR) is 95.6 cm³/mol. The third-order valence-electron chi connectivity index (χ3n) is 4.58. The van der Waals surface area contributed by atoms with Gasteiger partial charge in [0.15, 0.2) is 0 Å². The topological polar surface area (TPSA) is 98.7 Å². The molecule has 0 saturated carbocycles. The summed E-state index contributed by atoms with van der Waals surface area (Å²) in [6, 6.07) is 4.70. The number of nitrogens with one attached hydrogen (secondary N) is 2. The van der Waals surface area contributed by atoms with Crippen molar-refractivity contribution in [2.24, 2.45) is 11.8 Å². The van der Waals surface area contributed by atoms with Crippen LogP contribution in [0.5, 0.6) is 0 Å². The molecule has 0 fully saturated rings. The molecule has 1 aromatic rings. The van der Waals surface area contributed by atoms with Crippen molar-refractivity contribution in [2.45, 2.75) is 46.2 Å². The highest BCUT2D eigenvalue weighted by molar-refractivity contribution is 6.12. The third-order valence-corrected chi connectivity index (χ3v) is 4.58. The Morgan fingerprint density at radius 2 is 1.92 bits per heavy atom. The Labute approximate surface area is 147 Å². The number of aliphatic carboxylic acids is 1. The number of para-hydroxylation sites is 2. The maximum atomic E-state index is 12.9. The summed E-state index contributed by atoms with van der Waals surface area (Å²) in [5.74, 6) is -1.73. The molecule has 1 heterocycles. The SMILES string of the molecule is CC[C@@H](C)[C@H](NC(=O)N1c2ccccc2NC(=O)[C@@H]1C(C)C)C(=O)O. The number of urea groups is 1. The molecule has 1 aliphatic heterocycles. The average molecular weight is 347 g/mol. The summed E-state index contributed by atoms with van der Waals surface area (Å²) in [6.07, 6.45) is 0.613. The van der Waals surface area contributed by atoms with Crippen molar-refractivity contribution in [3.8, 4) is 0 Å². The molecule has 2 rings (SSSR count). The quantitative estimate of drug-likeness (QED) is 0.762. The lowest BCUT2D eigenvalue weighted by Gasteiger charge is -2.39. The number of carboxylic acid groups (broad SMARTS) is 1. The van der Waals surface area contributed by atoms with Crippen molar-refractivity contribution in [3.63, 3.8) is 0 Å². The number of hydrogen-bond acceptors (Lipinski definition) is 3. The predicted octanol–water partition coefficient (Wildman–Crippen LogP) is 2.68. The van der Waals surface area contributed by atoms with Gasteiger partial charge >= 0.3 is 12.0 Å². The van der Waals surface area contributed by atoms with E-state index in [0.29, 0.717) is 17.8 Å². The van der Waals surface area contributed by atoms with Gasteiger partial charge in [-0.3, -0.25) is 9.69 Å². The van der Waals surface area contributed by atoms with E-state index in [1.807, 2.05) is 20.8 Å². The highest BCUT2D eigenvalue weighted by Gasteiger charge is 2.40. The summed E-state index contributed by atoms with van der Waals surface area (Å²) in [7, 11) is 0. The number of amides is 3. The fraction of sp³-hybridized carbons (Fsp3) is 0.500. The van der Waals surface area contributed by atoms with Crippen LogP contribution in [0.1, 0.15) is 34.1 Å². The number of benzene rings is 1. The van der Waals surface area contributed by atoms with Crippen LogP contribution in [0, 0.1) is 11.8 Å². The van der Waals surface area contributed by atoms with E-state index >= 15 is 0 Å². The summed E-state index contributed by atoms with van der Waals surface area (Å²) in [4.78, 5) is 38.3. The van der Waals surface area contributed by atoms with Crippen LogP contribution in [0.3, 0.4) is 0 Å². The molecule has 7 nitrogen and oxygen atoms in total. The van der Waals surface area contributed by atoms with Crippen molar-refractivity contribution in [3.05, 3.63) is 24.3 Å². The maximum Gasteiger partial charge on any atom is 0.326 e. The van der Waals surface area contributed by atoms with Gasteiger partial charge in [0.25, 0.3) is 0 Å². The minimum atomic E-state index is -1.08. The van der Waals surface area contributed by atoms with Gasteiger partial charge in [0.2, 0.25) is 5.91 Å². The fourth-order valence-electron chi connectivity index (χ4n) is 2.99. The molecule has 0 radical (unpaired) electrons. The first-order chi connectivity index (χ1) is 11.8. The highest BCUT2D eigenvalue weighted by Crippen LogP contribution is 2.34. The van der Waals surface area contributed by atoms with Gasteiger partial charge in [-0.2, -0.15) is 0 Å². The Hall–Kier alpha value is -2.57. The number of carbonyl (C=O) groups is 3. The Morgan fingerprint density at radius 3 is 2.48 bits per heavy atom. The molecule has 0 bridgehead atoms. The molecule has 7 heteroatoms.